The van der Waals surface area contributed by atoms with Crippen LogP contribution in [0.3, 0.4) is 0 Å². The zero-order valence-corrected chi connectivity index (χ0v) is 9.47. The van der Waals surface area contributed by atoms with Crippen LogP contribution < -0.4 is 5.32 Å². The van der Waals surface area contributed by atoms with Crippen molar-refractivity contribution in [2.24, 2.45) is 5.92 Å². The van der Waals surface area contributed by atoms with Crippen LogP contribution in [0.25, 0.3) is 0 Å². The predicted molar refractivity (Wildman–Crippen MR) is 60.5 cm³/mol. The van der Waals surface area contributed by atoms with E-state index in [1.165, 1.54) is 58.3 Å². The summed E-state index contributed by atoms with van der Waals surface area (Å²) in [5, 5.41) is 3.49. The summed E-state index contributed by atoms with van der Waals surface area (Å²) in [6, 6.07) is 0.902. The van der Waals surface area contributed by atoms with Gasteiger partial charge < -0.3 is 5.32 Å². The van der Waals surface area contributed by atoms with Crippen molar-refractivity contribution < 1.29 is 0 Å². The van der Waals surface area contributed by atoms with Gasteiger partial charge in [0.25, 0.3) is 0 Å². The Morgan fingerprint density at radius 2 is 2.00 bits per heavy atom. The third-order valence-electron chi connectivity index (χ3n) is 3.80. The van der Waals surface area contributed by atoms with Crippen molar-refractivity contribution in [3.05, 3.63) is 0 Å². The molecule has 14 heavy (non-hydrogen) atoms. The van der Waals surface area contributed by atoms with Crippen LogP contribution in [-0.4, -0.2) is 37.1 Å². The van der Waals surface area contributed by atoms with Gasteiger partial charge in [-0.05, 0) is 38.3 Å². The smallest absolute Gasteiger partial charge is 0.0110 e. The fourth-order valence-electron chi connectivity index (χ4n) is 2.97. The molecule has 2 fully saturated rings. The SMILES string of the molecule is CC1CCCC(N2CCCNCC2)C1. The molecule has 1 heterocycles. The maximum absolute atomic E-state index is 3.49. The molecule has 1 N–H and O–H groups in total. The van der Waals surface area contributed by atoms with Gasteiger partial charge in [-0.1, -0.05) is 19.8 Å². The molecule has 2 nitrogen and oxygen atoms in total. The van der Waals surface area contributed by atoms with E-state index >= 15 is 0 Å². The van der Waals surface area contributed by atoms with Gasteiger partial charge in [0.05, 0.1) is 0 Å². The highest BCUT2D eigenvalue weighted by molar-refractivity contribution is 4.80. The van der Waals surface area contributed by atoms with Gasteiger partial charge >= 0.3 is 0 Å². The molecule has 1 saturated heterocycles. The van der Waals surface area contributed by atoms with Gasteiger partial charge in [0.1, 0.15) is 0 Å². The van der Waals surface area contributed by atoms with Crippen LogP contribution in [0.5, 0.6) is 0 Å². The Bertz CT molecular complexity index is 162. The van der Waals surface area contributed by atoms with Crippen LogP contribution in [-0.2, 0) is 0 Å². The maximum Gasteiger partial charge on any atom is 0.0110 e. The molecule has 2 atom stereocenters. The Hall–Kier alpha value is -0.0800. The first-order chi connectivity index (χ1) is 6.86. The van der Waals surface area contributed by atoms with Crippen LogP contribution in [0.2, 0.25) is 0 Å². The molecule has 2 heteroatoms. The van der Waals surface area contributed by atoms with Gasteiger partial charge in [-0.2, -0.15) is 0 Å². The topological polar surface area (TPSA) is 15.3 Å². The van der Waals surface area contributed by atoms with Crippen LogP contribution in [0.1, 0.15) is 39.0 Å². The van der Waals surface area contributed by atoms with Crippen molar-refractivity contribution in [2.45, 2.75) is 45.1 Å². The van der Waals surface area contributed by atoms with Crippen LogP contribution in [0.15, 0.2) is 0 Å². The second-order valence-electron chi connectivity index (χ2n) is 5.07. The second kappa shape index (κ2) is 5.13. The number of hydrogen-bond donors (Lipinski definition) is 1. The van der Waals surface area contributed by atoms with E-state index in [0.29, 0.717) is 0 Å². The average Bonchev–Trinajstić information content (AvgIpc) is 2.45. The van der Waals surface area contributed by atoms with Crippen molar-refractivity contribution in [3.63, 3.8) is 0 Å². The zero-order chi connectivity index (χ0) is 9.80. The van der Waals surface area contributed by atoms with Crippen molar-refractivity contribution in [1.82, 2.24) is 10.2 Å². The standard InChI is InChI=1S/C12H24N2/c1-11-4-2-5-12(10-11)14-8-3-6-13-7-9-14/h11-13H,2-10H2,1H3. The summed E-state index contributed by atoms with van der Waals surface area (Å²) in [6.45, 7) is 7.44. The summed E-state index contributed by atoms with van der Waals surface area (Å²) >= 11 is 0. The largest absolute Gasteiger partial charge is 0.315 e. The van der Waals surface area contributed by atoms with E-state index in [1.807, 2.05) is 0 Å². The van der Waals surface area contributed by atoms with E-state index in [0.717, 1.165) is 12.0 Å². The lowest BCUT2D eigenvalue weighted by Gasteiger charge is -2.35. The summed E-state index contributed by atoms with van der Waals surface area (Å²) in [7, 11) is 0. The molecule has 2 unspecified atom stereocenters. The molecule has 2 aliphatic rings. The van der Waals surface area contributed by atoms with Crippen LogP contribution >= 0.6 is 0 Å². The fraction of sp³-hybridized carbons (Fsp3) is 1.00. The first-order valence-corrected chi connectivity index (χ1v) is 6.31. The van der Waals surface area contributed by atoms with E-state index < -0.39 is 0 Å². The monoisotopic (exact) mass is 196 g/mol. The molecule has 82 valence electrons. The lowest BCUT2D eigenvalue weighted by Crippen LogP contribution is -2.40. The van der Waals surface area contributed by atoms with E-state index in [-0.39, 0.29) is 0 Å². The highest BCUT2D eigenvalue weighted by Gasteiger charge is 2.24. The lowest BCUT2D eigenvalue weighted by molar-refractivity contribution is 0.142. The van der Waals surface area contributed by atoms with Gasteiger partial charge in [0, 0.05) is 19.1 Å². The molecule has 0 aromatic heterocycles. The predicted octanol–water partition coefficient (Wildman–Crippen LogP) is 1.86. The molecule has 1 aliphatic carbocycles. The third kappa shape index (κ3) is 2.71. The minimum Gasteiger partial charge on any atom is -0.315 e. The zero-order valence-electron chi connectivity index (χ0n) is 9.47. The summed E-state index contributed by atoms with van der Waals surface area (Å²) < 4.78 is 0. The molecular formula is C12H24N2. The van der Waals surface area contributed by atoms with Gasteiger partial charge in [-0.25, -0.2) is 0 Å². The van der Waals surface area contributed by atoms with Gasteiger partial charge in [0.2, 0.25) is 0 Å². The van der Waals surface area contributed by atoms with Gasteiger partial charge in [0.15, 0.2) is 0 Å². The van der Waals surface area contributed by atoms with Crippen LogP contribution in [0, 0.1) is 5.92 Å². The van der Waals surface area contributed by atoms with E-state index in [2.05, 4.69) is 17.1 Å². The third-order valence-corrected chi connectivity index (χ3v) is 3.80. The quantitative estimate of drug-likeness (QED) is 0.688. The minimum atomic E-state index is 0.902. The molecule has 0 amide bonds. The highest BCUT2D eigenvalue weighted by Crippen LogP contribution is 2.27. The van der Waals surface area contributed by atoms with Gasteiger partial charge in [-0.3, -0.25) is 4.90 Å². The molecule has 0 radical (unpaired) electrons. The number of nitrogens with one attached hydrogen (secondary N) is 1. The Morgan fingerprint density at radius 3 is 2.86 bits per heavy atom. The van der Waals surface area contributed by atoms with E-state index in [4.69, 9.17) is 0 Å². The summed E-state index contributed by atoms with van der Waals surface area (Å²) in [5.41, 5.74) is 0. The highest BCUT2D eigenvalue weighted by atomic mass is 15.2. The summed E-state index contributed by atoms with van der Waals surface area (Å²) in [5.74, 6) is 0.963. The first-order valence-electron chi connectivity index (χ1n) is 6.31. The molecule has 1 saturated carbocycles. The fourth-order valence-corrected chi connectivity index (χ4v) is 2.97. The maximum atomic E-state index is 3.49. The minimum absolute atomic E-state index is 0.902. The molecule has 0 spiro atoms. The number of hydrogen-bond acceptors (Lipinski definition) is 2. The molecule has 0 aromatic rings. The lowest BCUT2D eigenvalue weighted by atomic mass is 9.86. The normalized spacial score (nSPS) is 36.6. The molecular weight excluding hydrogens is 172 g/mol. The first kappa shape index (κ1) is 10.4. The Balaban J connectivity index is 1.85. The summed E-state index contributed by atoms with van der Waals surface area (Å²) in [6.07, 6.45) is 7.15. The average molecular weight is 196 g/mol. The summed E-state index contributed by atoms with van der Waals surface area (Å²) in [4.78, 5) is 2.73. The Morgan fingerprint density at radius 1 is 1.07 bits per heavy atom. The number of nitrogens with zero attached hydrogens (tertiary/aromatic N) is 1. The molecule has 0 aromatic carbocycles. The molecule has 1 aliphatic heterocycles. The van der Waals surface area contributed by atoms with Crippen molar-refractivity contribution in [3.8, 4) is 0 Å². The van der Waals surface area contributed by atoms with Gasteiger partial charge in [-0.15, -0.1) is 0 Å². The second-order valence-corrected chi connectivity index (χ2v) is 5.07. The number of rotatable bonds is 1. The Kier molecular flexibility index (Phi) is 3.82. The van der Waals surface area contributed by atoms with Crippen molar-refractivity contribution in [1.29, 1.82) is 0 Å². The Labute approximate surface area is 88.1 Å². The molecule has 2 rings (SSSR count). The van der Waals surface area contributed by atoms with Crippen molar-refractivity contribution in [2.75, 3.05) is 26.2 Å². The van der Waals surface area contributed by atoms with Crippen LogP contribution in [0.4, 0.5) is 0 Å². The molecule has 0 bridgehead atoms. The van der Waals surface area contributed by atoms with Crippen molar-refractivity contribution >= 4 is 0 Å². The van der Waals surface area contributed by atoms with E-state index in [1.54, 1.807) is 0 Å². The van der Waals surface area contributed by atoms with E-state index in [9.17, 15) is 0 Å².